The van der Waals surface area contributed by atoms with Crippen molar-refractivity contribution >= 4 is 51.7 Å². The first-order valence-electron chi connectivity index (χ1n) is 6.01. The second kappa shape index (κ2) is 13.3. The van der Waals surface area contributed by atoms with Gasteiger partial charge in [-0.2, -0.15) is 11.8 Å². The smallest absolute Gasteiger partial charge is 0.210 e. The van der Waals surface area contributed by atoms with Gasteiger partial charge in [-0.3, -0.25) is 4.99 Å². The highest BCUT2D eigenvalue weighted by molar-refractivity contribution is 14.0. The lowest BCUT2D eigenvalue weighted by Crippen LogP contribution is -2.40. The molecule has 0 aliphatic heterocycles. The second-order valence-corrected chi connectivity index (χ2v) is 6.47. The highest BCUT2D eigenvalue weighted by atomic mass is 127. The molecule has 0 atom stereocenters. The summed E-state index contributed by atoms with van der Waals surface area (Å²) in [6.45, 7) is 3.72. The largest absolute Gasteiger partial charge is 0.357 e. The number of primary sulfonamides is 1. The number of unbranched alkanes of at least 4 members (excludes halogenated alkanes) is 1. The minimum absolute atomic E-state index is 0. The number of hydrogen-bond donors (Lipinski definition) is 3. The molecule has 0 fully saturated rings. The molecule has 0 rings (SSSR count). The summed E-state index contributed by atoms with van der Waals surface area (Å²) < 4.78 is 21.6. The molecule has 0 saturated heterocycles. The van der Waals surface area contributed by atoms with Gasteiger partial charge in [-0.05, 0) is 31.8 Å². The van der Waals surface area contributed by atoms with Crippen LogP contribution in [-0.2, 0) is 10.0 Å². The van der Waals surface area contributed by atoms with E-state index in [1.165, 1.54) is 0 Å². The molecule has 116 valence electrons. The van der Waals surface area contributed by atoms with Gasteiger partial charge in [-0.25, -0.2) is 13.6 Å². The third kappa shape index (κ3) is 16.2. The van der Waals surface area contributed by atoms with Gasteiger partial charge in [-0.15, -0.1) is 24.0 Å². The Labute approximate surface area is 137 Å². The molecule has 0 bridgehead atoms. The van der Waals surface area contributed by atoms with Crippen molar-refractivity contribution in [3.05, 3.63) is 0 Å². The minimum Gasteiger partial charge on any atom is -0.357 e. The van der Waals surface area contributed by atoms with E-state index in [9.17, 15) is 8.42 Å². The molecule has 0 radical (unpaired) electrons. The van der Waals surface area contributed by atoms with Crippen molar-refractivity contribution in [1.82, 2.24) is 10.6 Å². The third-order valence-electron chi connectivity index (χ3n) is 2.05. The number of guanidine groups is 1. The molecule has 0 aliphatic carbocycles. The summed E-state index contributed by atoms with van der Waals surface area (Å²) in [6, 6.07) is 0. The van der Waals surface area contributed by atoms with Gasteiger partial charge in [-0.1, -0.05) is 0 Å². The summed E-state index contributed by atoms with van der Waals surface area (Å²) >= 11 is 1.83. The predicted molar refractivity (Wildman–Crippen MR) is 95.0 cm³/mol. The molecule has 9 heteroatoms. The minimum atomic E-state index is -3.42. The van der Waals surface area contributed by atoms with Gasteiger partial charge in [0.1, 0.15) is 0 Å². The molecule has 6 nitrogen and oxygen atoms in total. The van der Waals surface area contributed by atoms with Crippen molar-refractivity contribution in [2.24, 2.45) is 10.1 Å². The number of hydrogen-bond acceptors (Lipinski definition) is 4. The maximum atomic E-state index is 10.8. The summed E-state index contributed by atoms with van der Waals surface area (Å²) in [5, 5.41) is 10.9. The highest BCUT2D eigenvalue weighted by Gasteiger charge is 2.03. The van der Waals surface area contributed by atoms with Crippen LogP contribution in [0.15, 0.2) is 4.99 Å². The summed E-state index contributed by atoms with van der Waals surface area (Å²) in [5.41, 5.74) is 0. The number of nitrogens with zero attached hydrogens (tertiary/aromatic N) is 1. The van der Waals surface area contributed by atoms with E-state index >= 15 is 0 Å². The predicted octanol–water partition coefficient (Wildman–Crippen LogP) is 0.591. The Morgan fingerprint density at radius 2 is 2.00 bits per heavy atom. The fourth-order valence-corrected chi connectivity index (χ4v) is 2.08. The van der Waals surface area contributed by atoms with E-state index in [4.69, 9.17) is 5.14 Å². The molecule has 0 aromatic carbocycles. The first-order chi connectivity index (χ1) is 8.49. The Morgan fingerprint density at radius 1 is 1.32 bits per heavy atom. The van der Waals surface area contributed by atoms with Crippen molar-refractivity contribution < 1.29 is 8.42 Å². The summed E-state index contributed by atoms with van der Waals surface area (Å²) in [6.07, 6.45) is 4.26. The summed E-state index contributed by atoms with van der Waals surface area (Å²) in [7, 11) is -3.42. The van der Waals surface area contributed by atoms with Crippen molar-refractivity contribution in [2.75, 3.05) is 37.4 Å². The van der Waals surface area contributed by atoms with Crippen LogP contribution in [0.1, 0.15) is 19.8 Å². The monoisotopic (exact) mass is 424 g/mol. The zero-order valence-corrected chi connectivity index (χ0v) is 15.5. The van der Waals surface area contributed by atoms with Crippen molar-refractivity contribution in [3.8, 4) is 0 Å². The quantitative estimate of drug-likeness (QED) is 0.218. The van der Waals surface area contributed by atoms with E-state index in [1.807, 2.05) is 18.7 Å². The number of thioether (sulfide) groups is 1. The maximum absolute atomic E-state index is 10.8. The summed E-state index contributed by atoms with van der Waals surface area (Å²) in [5.74, 6) is 1.69. The second-order valence-electron chi connectivity index (χ2n) is 3.75. The van der Waals surface area contributed by atoms with Gasteiger partial charge in [0, 0.05) is 19.6 Å². The van der Waals surface area contributed by atoms with Crippen molar-refractivity contribution in [1.29, 1.82) is 0 Å². The number of nitrogens with one attached hydrogen (secondary N) is 2. The van der Waals surface area contributed by atoms with Crippen LogP contribution in [0.2, 0.25) is 0 Å². The van der Waals surface area contributed by atoms with Crippen LogP contribution in [0, 0.1) is 0 Å². The van der Waals surface area contributed by atoms with E-state index in [0.29, 0.717) is 5.96 Å². The molecular weight excluding hydrogens is 399 g/mol. The van der Waals surface area contributed by atoms with Gasteiger partial charge >= 0.3 is 0 Å². The molecule has 19 heavy (non-hydrogen) atoms. The normalized spacial score (nSPS) is 11.8. The van der Waals surface area contributed by atoms with Crippen LogP contribution in [0.5, 0.6) is 0 Å². The van der Waals surface area contributed by atoms with Crippen LogP contribution in [0.3, 0.4) is 0 Å². The first kappa shape index (κ1) is 21.6. The fraction of sp³-hybridized carbons (Fsp3) is 0.900. The number of aliphatic imine (C=N–C) groups is 1. The molecular formula is C10H25IN4O2S2. The lowest BCUT2D eigenvalue weighted by Gasteiger charge is -2.10. The highest BCUT2D eigenvalue weighted by Crippen LogP contribution is 1.98. The molecule has 0 amide bonds. The first-order valence-corrected chi connectivity index (χ1v) is 9.12. The third-order valence-corrected chi connectivity index (χ3v) is 3.52. The molecule has 0 unspecified atom stereocenters. The Kier molecular flexibility index (Phi) is 15.0. The number of halogens is 1. The van der Waals surface area contributed by atoms with Gasteiger partial charge in [0.05, 0.1) is 5.75 Å². The zero-order valence-electron chi connectivity index (χ0n) is 11.5. The van der Waals surface area contributed by atoms with Gasteiger partial charge in [0.15, 0.2) is 5.96 Å². The molecule has 0 aliphatic rings. The molecule has 0 spiro atoms. The Morgan fingerprint density at radius 3 is 2.53 bits per heavy atom. The van der Waals surface area contributed by atoms with Crippen molar-refractivity contribution in [3.63, 3.8) is 0 Å². The molecule has 0 saturated carbocycles. The molecule has 0 heterocycles. The number of rotatable bonds is 9. The van der Waals surface area contributed by atoms with Crippen LogP contribution in [0.25, 0.3) is 0 Å². The zero-order chi connectivity index (χ0) is 13.9. The molecule has 4 N–H and O–H groups in total. The fourth-order valence-electron chi connectivity index (χ4n) is 1.20. The number of nitrogens with two attached hydrogens (primary N) is 1. The van der Waals surface area contributed by atoms with Gasteiger partial charge in [0.2, 0.25) is 10.0 Å². The van der Waals surface area contributed by atoms with E-state index in [1.54, 1.807) is 0 Å². The Balaban J connectivity index is 0. The Bertz CT molecular complexity index is 336. The standard InChI is InChI=1S/C10H24N4O2S2.HI/c1-3-12-10(13-6-4-5-8-17-2)14-7-9-18(11,15)16;/h3-9H2,1-2H3,(H2,11,15,16)(H2,12,13,14);1H. The molecule has 0 aromatic rings. The average molecular weight is 424 g/mol. The molecule has 0 aromatic heterocycles. The van der Waals surface area contributed by atoms with E-state index < -0.39 is 10.0 Å². The van der Waals surface area contributed by atoms with Crippen LogP contribution < -0.4 is 15.8 Å². The number of sulfonamides is 1. The summed E-state index contributed by atoms with van der Waals surface area (Å²) in [4.78, 5) is 4.35. The maximum Gasteiger partial charge on any atom is 0.210 e. The lowest BCUT2D eigenvalue weighted by molar-refractivity contribution is 0.596. The average Bonchev–Trinajstić information content (AvgIpc) is 2.27. The Hall–Kier alpha value is 0.260. The van der Waals surface area contributed by atoms with Crippen LogP contribution in [-0.4, -0.2) is 51.8 Å². The van der Waals surface area contributed by atoms with Crippen molar-refractivity contribution in [2.45, 2.75) is 19.8 Å². The van der Waals surface area contributed by atoms with Gasteiger partial charge in [0.25, 0.3) is 0 Å². The van der Waals surface area contributed by atoms with E-state index in [2.05, 4.69) is 21.9 Å². The topological polar surface area (TPSA) is 96.6 Å². The van der Waals surface area contributed by atoms with E-state index in [0.717, 1.165) is 31.7 Å². The van der Waals surface area contributed by atoms with E-state index in [-0.39, 0.29) is 36.3 Å². The van der Waals surface area contributed by atoms with Gasteiger partial charge < -0.3 is 10.6 Å². The van der Waals surface area contributed by atoms with Crippen LogP contribution in [0.4, 0.5) is 0 Å². The SMILES string of the molecule is CCNC(=NCCCCSC)NCCS(N)(=O)=O.I. The lowest BCUT2D eigenvalue weighted by atomic mass is 10.3. The van der Waals surface area contributed by atoms with Crippen LogP contribution >= 0.6 is 35.7 Å².